The van der Waals surface area contributed by atoms with E-state index >= 15 is 0 Å². The molecule has 0 spiro atoms. The highest BCUT2D eigenvalue weighted by Gasteiger charge is 1.97. The van der Waals surface area contributed by atoms with Gasteiger partial charge in [0.05, 0.1) is 7.11 Å². The van der Waals surface area contributed by atoms with Gasteiger partial charge in [-0.25, -0.2) is 0 Å². The van der Waals surface area contributed by atoms with Crippen LogP contribution in [0, 0.1) is 13.8 Å². The molecule has 3 heteroatoms. The van der Waals surface area contributed by atoms with Gasteiger partial charge in [-0.1, -0.05) is 48.9 Å². The normalized spacial score (nSPS) is 8.65. The number of ether oxygens (including phenoxy) is 1. The zero-order chi connectivity index (χ0) is 15.4. The van der Waals surface area contributed by atoms with Crippen molar-refractivity contribution in [3.8, 4) is 11.5 Å². The van der Waals surface area contributed by atoms with E-state index in [1.165, 1.54) is 12.7 Å². The van der Waals surface area contributed by atoms with Crippen LogP contribution in [0.2, 0.25) is 0 Å². The number of rotatable bonds is 1. The molecule has 20 heavy (non-hydrogen) atoms. The van der Waals surface area contributed by atoms with Gasteiger partial charge in [0.25, 0.3) is 0 Å². The van der Waals surface area contributed by atoms with Gasteiger partial charge >= 0.3 is 0 Å². The molecule has 3 N–H and O–H groups in total. The Morgan fingerprint density at radius 3 is 1.90 bits per heavy atom. The van der Waals surface area contributed by atoms with Crippen LogP contribution in [0.1, 0.15) is 18.1 Å². The van der Waals surface area contributed by atoms with Crippen molar-refractivity contribution in [1.29, 1.82) is 0 Å². The summed E-state index contributed by atoms with van der Waals surface area (Å²) in [4.78, 5) is 0. The van der Waals surface area contributed by atoms with E-state index < -0.39 is 0 Å². The predicted molar refractivity (Wildman–Crippen MR) is 85.3 cm³/mol. The van der Waals surface area contributed by atoms with Gasteiger partial charge in [-0.05, 0) is 38.1 Å². The minimum atomic E-state index is 0.197. The molecule has 110 valence electrons. The quantitative estimate of drug-likeness (QED) is 0.835. The number of aryl methyl sites for hydroxylation is 2. The Hall–Kier alpha value is -2.00. The van der Waals surface area contributed by atoms with E-state index in [9.17, 15) is 0 Å². The number of methoxy groups -OCH3 is 1. The lowest BCUT2D eigenvalue weighted by Gasteiger charge is -2.01. The van der Waals surface area contributed by atoms with Crippen LogP contribution in [-0.2, 0) is 0 Å². The van der Waals surface area contributed by atoms with Crippen molar-refractivity contribution in [1.82, 2.24) is 0 Å². The Labute approximate surface area is 122 Å². The standard InChI is InChI=1S/C8H10O2.C7H8.C2H7N/c1-6-3-4-8(10-2)7(9)5-6;1-7-5-3-2-4-6-7;1-2-3/h3-5,9H,1-2H3;2-6H,1H3;2-3H2,1H3. The number of aromatic hydroxyl groups is 1. The molecule has 0 bridgehead atoms. The zero-order valence-electron chi connectivity index (χ0n) is 12.8. The minimum absolute atomic E-state index is 0.197. The fourth-order valence-electron chi connectivity index (χ4n) is 1.33. The molecule has 0 aliphatic carbocycles. The van der Waals surface area contributed by atoms with E-state index in [-0.39, 0.29) is 5.75 Å². The molecule has 2 aromatic carbocycles. The number of hydrogen-bond acceptors (Lipinski definition) is 3. The predicted octanol–water partition coefficient (Wildman–Crippen LogP) is 3.67. The molecule has 0 heterocycles. The highest BCUT2D eigenvalue weighted by atomic mass is 16.5. The van der Waals surface area contributed by atoms with Crippen LogP contribution in [0.4, 0.5) is 0 Å². The summed E-state index contributed by atoms with van der Waals surface area (Å²) in [6, 6.07) is 15.6. The van der Waals surface area contributed by atoms with Gasteiger partial charge < -0.3 is 15.6 Å². The third-order valence-corrected chi connectivity index (χ3v) is 2.27. The average Bonchev–Trinajstić information content (AvgIpc) is 2.41. The molecule has 0 aromatic heterocycles. The summed E-state index contributed by atoms with van der Waals surface area (Å²) in [5, 5.41) is 9.17. The number of phenolic OH excluding ortho intramolecular Hbond substituents is 1. The lowest BCUT2D eigenvalue weighted by molar-refractivity contribution is 0.373. The largest absolute Gasteiger partial charge is 0.504 e. The first-order chi connectivity index (χ1) is 9.54. The van der Waals surface area contributed by atoms with Crippen molar-refractivity contribution in [2.75, 3.05) is 13.7 Å². The molecule has 0 unspecified atom stereocenters. The van der Waals surface area contributed by atoms with Crippen LogP contribution < -0.4 is 10.5 Å². The Bertz CT molecular complexity index is 470. The highest BCUT2D eigenvalue weighted by molar-refractivity contribution is 5.41. The van der Waals surface area contributed by atoms with Crippen molar-refractivity contribution >= 4 is 0 Å². The first-order valence-electron chi connectivity index (χ1n) is 6.60. The lowest BCUT2D eigenvalue weighted by Crippen LogP contribution is -1.87. The summed E-state index contributed by atoms with van der Waals surface area (Å²) in [6.07, 6.45) is 0. The van der Waals surface area contributed by atoms with Crippen LogP contribution >= 0.6 is 0 Å². The average molecular weight is 275 g/mol. The maximum absolute atomic E-state index is 9.17. The Balaban J connectivity index is 0.000000315. The van der Waals surface area contributed by atoms with Gasteiger partial charge in [-0.2, -0.15) is 0 Å². The smallest absolute Gasteiger partial charge is 0.160 e. The maximum atomic E-state index is 9.17. The van der Waals surface area contributed by atoms with E-state index in [0.717, 1.165) is 12.1 Å². The molecule has 0 amide bonds. The van der Waals surface area contributed by atoms with E-state index in [1.807, 2.05) is 38.1 Å². The van der Waals surface area contributed by atoms with Gasteiger partial charge in [0.15, 0.2) is 11.5 Å². The summed E-state index contributed by atoms with van der Waals surface area (Å²) in [6.45, 7) is 6.65. The summed E-state index contributed by atoms with van der Waals surface area (Å²) >= 11 is 0. The van der Waals surface area contributed by atoms with Crippen LogP contribution in [0.25, 0.3) is 0 Å². The van der Waals surface area contributed by atoms with E-state index in [4.69, 9.17) is 15.6 Å². The summed E-state index contributed by atoms with van der Waals surface area (Å²) in [5.74, 6) is 0.716. The Morgan fingerprint density at radius 1 is 1.00 bits per heavy atom. The fraction of sp³-hybridized carbons (Fsp3) is 0.294. The Morgan fingerprint density at radius 2 is 1.55 bits per heavy atom. The fourth-order valence-corrected chi connectivity index (χ4v) is 1.33. The first-order valence-corrected chi connectivity index (χ1v) is 6.60. The summed E-state index contributed by atoms with van der Waals surface area (Å²) < 4.78 is 4.85. The van der Waals surface area contributed by atoms with E-state index in [1.54, 1.807) is 12.1 Å². The molecule has 0 saturated carbocycles. The van der Waals surface area contributed by atoms with Crippen molar-refractivity contribution < 1.29 is 9.84 Å². The van der Waals surface area contributed by atoms with E-state index in [0.29, 0.717) is 5.75 Å². The molecule has 0 aliphatic heterocycles. The molecule has 2 aromatic rings. The number of benzene rings is 2. The monoisotopic (exact) mass is 275 g/mol. The van der Waals surface area contributed by atoms with Gasteiger partial charge in [0, 0.05) is 0 Å². The second kappa shape index (κ2) is 10.9. The number of hydrogen-bond donors (Lipinski definition) is 2. The van der Waals surface area contributed by atoms with Gasteiger partial charge in [-0.15, -0.1) is 0 Å². The summed E-state index contributed by atoms with van der Waals surface area (Å²) in [5.41, 5.74) is 7.20. The van der Waals surface area contributed by atoms with Gasteiger partial charge in [0.2, 0.25) is 0 Å². The molecule has 3 nitrogen and oxygen atoms in total. The van der Waals surface area contributed by atoms with E-state index in [2.05, 4.69) is 19.1 Å². The number of nitrogens with two attached hydrogens (primary N) is 1. The van der Waals surface area contributed by atoms with Crippen LogP contribution in [-0.4, -0.2) is 18.8 Å². The van der Waals surface area contributed by atoms with Crippen molar-refractivity contribution in [2.24, 2.45) is 5.73 Å². The Kier molecular flexibility index (Phi) is 9.79. The molecule has 0 aliphatic rings. The molecule has 2 rings (SSSR count). The zero-order valence-corrected chi connectivity index (χ0v) is 12.8. The van der Waals surface area contributed by atoms with Gasteiger partial charge in [-0.3, -0.25) is 0 Å². The van der Waals surface area contributed by atoms with Crippen molar-refractivity contribution in [3.05, 3.63) is 59.7 Å². The third-order valence-electron chi connectivity index (χ3n) is 2.27. The lowest BCUT2D eigenvalue weighted by atomic mass is 10.2. The van der Waals surface area contributed by atoms with Crippen LogP contribution in [0.5, 0.6) is 11.5 Å². The van der Waals surface area contributed by atoms with Crippen LogP contribution in [0.15, 0.2) is 48.5 Å². The second-order valence-corrected chi connectivity index (χ2v) is 4.24. The minimum Gasteiger partial charge on any atom is -0.504 e. The molecule has 0 saturated heterocycles. The summed E-state index contributed by atoms with van der Waals surface area (Å²) in [7, 11) is 1.53. The molecule has 0 fully saturated rings. The third kappa shape index (κ3) is 8.16. The molecule has 0 atom stereocenters. The topological polar surface area (TPSA) is 55.5 Å². The molecule has 0 radical (unpaired) electrons. The van der Waals surface area contributed by atoms with Gasteiger partial charge in [0.1, 0.15) is 0 Å². The van der Waals surface area contributed by atoms with Crippen molar-refractivity contribution in [3.63, 3.8) is 0 Å². The highest BCUT2D eigenvalue weighted by Crippen LogP contribution is 2.25. The molecular weight excluding hydrogens is 250 g/mol. The first kappa shape index (κ1) is 18.0. The number of phenols is 1. The SMILES string of the molecule is CCN.COc1ccc(C)cc1O.Cc1ccccc1. The van der Waals surface area contributed by atoms with Crippen LogP contribution in [0.3, 0.4) is 0 Å². The molecular formula is C17H25NO2. The maximum Gasteiger partial charge on any atom is 0.160 e. The second-order valence-electron chi connectivity index (χ2n) is 4.24. The van der Waals surface area contributed by atoms with Crippen molar-refractivity contribution in [2.45, 2.75) is 20.8 Å².